The summed E-state index contributed by atoms with van der Waals surface area (Å²) in [5.41, 5.74) is 4.04. The lowest BCUT2D eigenvalue weighted by molar-refractivity contribution is 0.502. The second-order valence-corrected chi connectivity index (χ2v) is 6.43. The van der Waals surface area contributed by atoms with Crippen molar-refractivity contribution in [1.29, 1.82) is 0 Å². The number of benzene rings is 1. The third-order valence-corrected chi connectivity index (χ3v) is 5.15. The molecular formula is C16H25BrN2. The highest BCUT2D eigenvalue weighted by atomic mass is 79.9. The monoisotopic (exact) mass is 324 g/mol. The summed E-state index contributed by atoms with van der Waals surface area (Å²) < 4.78 is 1.24. The van der Waals surface area contributed by atoms with Crippen LogP contribution in [0.3, 0.4) is 0 Å². The SMILES string of the molecule is CCCC1CN(c2cc(C)c(Br)c(C)c2)CCCN1. The molecule has 106 valence electrons. The first-order chi connectivity index (χ1) is 9.11. The highest BCUT2D eigenvalue weighted by molar-refractivity contribution is 9.10. The van der Waals surface area contributed by atoms with Crippen molar-refractivity contribution in [3.63, 3.8) is 0 Å². The molecule has 0 aromatic heterocycles. The molecule has 3 heteroatoms. The lowest BCUT2D eigenvalue weighted by Crippen LogP contribution is -2.37. The Kier molecular flexibility index (Phi) is 5.28. The first kappa shape index (κ1) is 14.9. The van der Waals surface area contributed by atoms with Gasteiger partial charge in [-0.1, -0.05) is 29.3 Å². The highest BCUT2D eigenvalue weighted by Gasteiger charge is 2.18. The second-order valence-electron chi connectivity index (χ2n) is 5.63. The van der Waals surface area contributed by atoms with Crippen LogP contribution in [-0.4, -0.2) is 25.7 Å². The van der Waals surface area contributed by atoms with E-state index < -0.39 is 0 Å². The van der Waals surface area contributed by atoms with Crippen LogP contribution < -0.4 is 10.2 Å². The number of nitrogens with zero attached hydrogens (tertiary/aromatic N) is 1. The van der Waals surface area contributed by atoms with E-state index in [0.29, 0.717) is 6.04 Å². The van der Waals surface area contributed by atoms with Crippen LogP contribution in [0.4, 0.5) is 5.69 Å². The Labute approximate surface area is 125 Å². The predicted octanol–water partition coefficient (Wildman–Crippen LogP) is 4.03. The number of aryl methyl sites for hydroxylation is 2. The van der Waals surface area contributed by atoms with Crippen molar-refractivity contribution in [3.8, 4) is 0 Å². The van der Waals surface area contributed by atoms with Crippen LogP contribution in [0.25, 0.3) is 0 Å². The summed E-state index contributed by atoms with van der Waals surface area (Å²) in [6.45, 7) is 10.1. The Morgan fingerprint density at radius 2 is 2.00 bits per heavy atom. The Morgan fingerprint density at radius 1 is 1.32 bits per heavy atom. The van der Waals surface area contributed by atoms with Crippen LogP contribution in [0.5, 0.6) is 0 Å². The molecule has 19 heavy (non-hydrogen) atoms. The molecule has 1 aromatic rings. The lowest BCUT2D eigenvalue weighted by Gasteiger charge is -2.27. The summed E-state index contributed by atoms with van der Waals surface area (Å²) in [7, 11) is 0. The molecule has 0 radical (unpaired) electrons. The van der Waals surface area contributed by atoms with Crippen molar-refractivity contribution >= 4 is 21.6 Å². The Balaban J connectivity index is 2.19. The molecule has 0 saturated carbocycles. The Bertz CT molecular complexity index is 408. The Hall–Kier alpha value is -0.540. The standard InChI is InChI=1S/C16H25BrN2/c1-4-6-14-11-19(8-5-7-18-14)15-9-12(2)16(17)13(3)10-15/h9-10,14,18H,4-8,11H2,1-3H3. The number of hydrogen-bond donors (Lipinski definition) is 1. The van der Waals surface area contributed by atoms with E-state index in [4.69, 9.17) is 0 Å². The van der Waals surface area contributed by atoms with Crippen molar-refractivity contribution in [3.05, 3.63) is 27.7 Å². The van der Waals surface area contributed by atoms with E-state index in [-0.39, 0.29) is 0 Å². The summed E-state index contributed by atoms with van der Waals surface area (Å²) in [4.78, 5) is 2.55. The van der Waals surface area contributed by atoms with Crippen molar-refractivity contribution in [2.24, 2.45) is 0 Å². The number of anilines is 1. The van der Waals surface area contributed by atoms with Crippen molar-refractivity contribution in [1.82, 2.24) is 5.32 Å². The molecular weight excluding hydrogens is 300 g/mol. The summed E-state index contributed by atoms with van der Waals surface area (Å²) in [6.07, 6.45) is 3.75. The molecule has 1 N–H and O–H groups in total. The van der Waals surface area contributed by atoms with Gasteiger partial charge >= 0.3 is 0 Å². The maximum absolute atomic E-state index is 3.67. The zero-order valence-corrected chi connectivity index (χ0v) is 13.9. The second kappa shape index (κ2) is 6.76. The van der Waals surface area contributed by atoms with Crippen LogP contribution in [0.2, 0.25) is 0 Å². The topological polar surface area (TPSA) is 15.3 Å². The fourth-order valence-electron chi connectivity index (χ4n) is 2.88. The van der Waals surface area contributed by atoms with Crippen LogP contribution in [0.15, 0.2) is 16.6 Å². The number of rotatable bonds is 3. The van der Waals surface area contributed by atoms with Gasteiger partial charge in [0.25, 0.3) is 0 Å². The molecule has 1 fully saturated rings. The molecule has 1 unspecified atom stereocenters. The highest BCUT2D eigenvalue weighted by Crippen LogP contribution is 2.28. The van der Waals surface area contributed by atoms with Crippen LogP contribution in [0, 0.1) is 13.8 Å². The average molecular weight is 325 g/mol. The minimum Gasteiger partial charge on any atom is -0.370 e. The summed E-state index contributed by atoms with van der Waals surface area (Å²) in [5.74, 6) is 0. The summed E-state index contributed by atoms with van der Waals surface area (Å²) in [5, 5.41) is 3.67. The van der Waals surface area contributed by atoms with Gasteiger partial charge in [-0.25, -0.2) is 0 Å². The normalized spacial score (nSPS) is 20.4. The van der Waals surface area contributed by atoms with Gasteiger partial charge in [-0.3, -0.25) is 0 Å². The maximum Gasteiger partial charge on any atom is 0.0372 e. The third-order valence-electron chi connectivity index (χ3n) is 3.90. The molecule has 1 aliphatic heterocycles. The largest absolute Gasteiger partial charge is 0.370 e. The molecule has 1 aromatic carbocycles. The molecule has 1 heterocycles. The van der Waals surface area contributed by atoms with E-state index in [0.717, 1.165) is 19.6 Å². The van der Waals surface area contributed by atoms with E-state index in [9.17, 15) is 0 Å². The molecule has 0 amide bonds. The van der Waals surface area contributed by atoms with Crippen LogP contribution >= 0.6 is 15.9 Å². The molecule has 0 aliphatic carbocycles. The molecule has 2 rings (SSSR count). The predicted molar refractivity (Wildman–Crippen MR) is 87.1 cm³/mol. The average Bonchev–Trinajstić information content (AvgIpc) is 2.61. The first-order valence-corrected chi connectivity index (χ1v) is 8.16. The van der Waals surface area contributed by atoms with Crippen LogP contribution in [-0.2, 0) is 0 Å². The van der Waals surface area contributed by atoms with Crippen molar-refractivity contribution < 1.29 is 0 Å². The van der Waals surface area contributed by atoms with Gasteiger partial charge in [-0.2, -0.15) is 0 Å². The summed E-state index contributed by atoms with van der Waals surface area (Å²) in [6, 6.07) is 5.26. The smallest absolute Gasteiger partial charge is 0.0372 e. The molecule has 2 nitrogen and oxygen atoms in total. The minimum absolute atomic E-state index is 0.636. The molecule has 0 bridgehead atoms. The van der Waals surface area contributed by atoms with E-state index >= 15 is 0 Å². The fourth-order valence-corrected chi connectivity index (χ4v) is 3.11. The maximum atomic E-state index is 3.67. The van der Waals surface area contributed by atoms with Gasteiger partial charge in [0.2, 0.25) is 0 Å². The zero-order valence-electron chi connectivity index (χ0n) is 12.3. The molecule has 0 spiro atoms. The fraction of sp³-hybridized carbons (Fsp3) is 0.625. The number of hydrogen-bond acceptors (Lipinski definition) is 2. The van der Waals surface area contributed by atoms with Crippen LogP contribution in [0.1, 0.15) is 37.3 Å². The Morgan fingerprint density at radius 3 is 2.63 bits per heavy atom. The van der Waals surface area contributed by atoms with E-state index in [1.165, 1.54) is 40.5 Å². The van der Waals surface area contributed by atoms with E-state index in [1.54, 1.807) is 0 Å². The number of halogens is 1. The quantitative estimate of drug-likeness (QED) is 0.902. The molecule has 1 aliphatic rings. The lowest BCUT2D eigenvalue weighted by atomic mass is 10.1. The summed E-state index contributed by atoms with van der Waals surface area (Å²) >= 11 is 3.66. The first-order valence-electron chi connectivity index (χ1n) is 7.37. The van der Waals surface area contributed by atoms with E-state index in [1.807, 2.05) is 0 Å². The third kappa shape index (κ3) is 3.73. The van der Waals surface area contributed by atoms with Crippen molar-refractivity contribution in [2.75, 3.05) is 24.5 Å². The van der Waals surface area contributed by atoms with Gasteiger partial charge in [-0.15, -0.1) is 0 Å². The van der Waals surface area contributed by atoms with Gasteiger partial charge in [0.1, 0.15) is 0 Å². The van der Waals surface area contributed by atoms with Gasteiger partial charge in [-0.05, 0) is 56.5 Å². The van der Waals surface area contributed by atoms with Gasteiger partial charge in [0.15, 0.2) is 0 Å². The van der Waals surface area contributed by atoms with E-state index in [2.05, 4.69) is 59.1 Å². The number of nitrogens with one attached hydrogen (secondary N) is 1. The molecule has 1 saturated heterocycles. The molecule has 1 atom stereocenters. The van der Waals surface area contributed by atoms with Gasteiger partial charge in [0.05, 0.1) is 0 Å². The van der Waals surface area contributed by atoms with Gasteiger partial charge in [0, 0.05) is 29.3 Å². The van der Waals surface area contributed by atoms with Gasteiger partial charge < -0.3 is 10.2 Å². The zero-order chi connectivity index (χ0) is 13.8. The van der Waals surface area contributed by atoms with Crippen molar-refractivity contribution in [2.45, 2.75) is 46.1 Å². The minimum atomic E-state index is 0.636.